The molecular formula is C16H20FN5. The Morgan fingerprint density at radius 1 is 1.32 bits per heavy atom. The van der Waals surface area contributed by atoms with Gasteiger partial charge < -0.3 is 11.1 Å². The average molecular weight is 301 g/mol. The third kappa shape index (κ3) is 2.86. The van der Waals surface area contributed by atoms with Gasteiger partial charge in [-0.15, -0.1) is 0 Å². The molecule has 3 N–H and O–H groups in total. The summed E-state index contributed by atoms with van der Waals surface area (Å²) in [6, 6.07) is 6.64. The topological polar surface area (TPSA) is 76.7 Å². The molecule has 0 saturated heterocycles. The molecule has 0 radical (unpaired) electrons. The van der Waals surface area contributed by atoms with E-state index in [0.717, 1.165) is 6.42 Å². The lowest BCUT2D eigenvalue weighted by molar-refractivity contribution is 0.487. The summed E-state index contributed by atoms with van der Waals surface area (Å²) in [5.41, 5.74) is 9.55. The van der Waals surface area contributed by atoms with Gasteiger partial charge in [-0.1, -0.05) is 30.7 Å². The zero-order valence-electron chi connectivity index (χ0n) is 12.8. The number of halogens is 1. The van der Waals surface area contributed by atoms with Crippen LogP contribution < -0.4 is 11.1 Å². The highest BCUT2D eigenvalue weighted by Gasteiger charge is 2.30. The summed E-state index contributed by atoms with van der Waals surface area (Å²) in [7, 11) is 0. The van der Waals surface area contributed by atoms with Gasteiger partial charge in [0, 0.05) is 6.42 Å². The summed E-state index contributed by atoms with van der Waals surface area (Å²) in [5.74, 6) is 1.35. The monoisotopic (exact) mass is 301 g/mol. The second kappa shape index (κ2) is 5.87. The Morgan fingerprint density at radius 3 is 2.91 bits per heavy atom. The molecule has 5 nitrogen and oxygen atoms in total. The van der Waals surface area contributed by atoms with Crippen molar-refractivity contribution in [3.8, 4) is 0 Å². The van der Waals surface area contributed by atoms with E-state index in [1.54, 1.807) is 0 Å². The molecule has 0 unspecified atom stereocenters. The predicted octanol–water partition coefficient (Wildman–Crippen LogP) is 2.62. The van der Waals surface area contributed by atoms with Crippen LogP contribution >= 0.6 is 0 Å². The maximum atomic E-state index is 12.5. The molecule has 6 heteroatoms. The third-order valence-corrected chi connectivity index (χ3v) is 4.05. The van der Waals surface area contributed by atoms with Gasteiger partial charge in [0.1, 0.15) is 5.82 Å². The molecule has 1 aliphatic rings. The second-order valence-electron chi connectivity index (χ2n) is 5.88. The molecule has 1 aliphatic carbocycles. The van der Waals surface area contributed by atoms with Gasteiger partial charge >= 0.3 is 0 Å². The molecule has 1 aromatic heterocycles. The lowest BCUT2D eigenvalue weighted by Crippen LogP contribution is -2.18. The first-order chi connectivity index (χ1) is 10.6. The van der Waals surface area contributed by atoms with E-state index in [1.807, 2.05) is 0 Å². The SMILES string of the molecule is Cc1ccc2c(c1)[C@H](Nc1nc(N)nc(CCF)n1)[C@@H](C)C2. The molecule has 0 bridgehead atoms. The summed E-state index contributed by atoms with van der Waals surface area (Å²) < 4.78 is 12.5. The number of nitrogen functional groups attached to an aromatic ring is 1. The van der Waals surface area contributed by atoms with Crippen LogP contribution in [-0.4, -0.2) is 21.6 Å². The van der Waals surface area contributed by atoms with Crippen LogP contribution in [0.5, 0.6) is 0 Å². The standard InChI is InChI=1S/C16H20FN5/c1-9-3-4-11-8-10(2)14(12(11)7-9)21-16-20-13(5-6-17)19-15(18)22-16/h3-4,7,10,14H,5-6,8H2,1-2H3,(H3,18,19,20,21,22)/t10-,14+/m0/s1. The van der Waals surface area contributed by atoms with Gasteiger partial charge in [0.15, 0.2) is 0 Å². The van der Waals surface area contributed by atoms with Crippen LogP contribution in [0, 0.1) is 12.8 Å². The van der Waals surface area contributed by atoms with E-state index in [2.05, 4.69) is 52.3 Å². The Bertz CT molecular complexity index is 688. The van der Waals surface area contributed by atoms with Gasteiger partial charge in [-0.25, -0.2) is 0 Å². The van der Waals surface area contributed by atoms with Gasteiger partial charge in [0.2, 0.25) is 11.9 Å². The number of anilines is 2. The zero-order chi connectivity index (χ0) is 15.7. The maximum absolute atomic E-state index is 12.5. The second-order valence-corrected chi connectivity index (χ2v) is 5.88. The van der Waals surface area contributed by atoms with Crippen molar-refractivity contribution in [1.82, 2.24) is 15.0 Å². The minimum absolute atomic E-state index is 0.121. The Balaban J connectivity index is 1.89. The normalized spacial score (nSPS) is 20.0. The number of nitrogens with zero attached hydrogens (tertiary/aromatic N) is 3. The van der Waals surface area contributed by atoms with E-state index in [1.165, 1.54) is 16.7 Å². The fourth-order valence-electron chi connectivity index (χ4n) is 3.02. The van der Waals surface area contributed by atoms with Crippen LogP contribution in [0.4, 0.5) is 16.3 Å². The van der Waals surface area contributed by atoms with Crippen molar-refractivity contribution in [1.29, 1.82) is 0 Å². The first-order valence-electron chi connectivity index (χ1n) is 7.49. The highest BCUT2D eigenvalue weighted by atomic mass is 19.1. The number of aryl methyl sites for hydroxylation is 2. The fraction of sp³-hybridized carbons (Fsp3) is 0.438. The average Bonchev–Trinajstić information content (AvgIpc) is 2.75. The number of fused-ring (bicyclic) bond motifs is 1. The van der Waals surface area contributed by atoms with E-state index in [4.69, 9.17) is 5.73 Å². The minimum Gasteiger partial charge on any atom is -0.368 e. The summed E-state index contributed by atoms with van der Waals surface area (Å²) in [4.78, 5) is 12.3. The molecule has 0 amide bonds. The summed E-state index contributed by atoms with van der Waals surface area (Å²) in [6.07, 6.45) is 1.17. The first-order valence-corrected chi connectivity index (χ1v) is 7.49. The van der Waals surface area contributed by atoms with Crippen LogP contribution in [0.2, 0.25) is 0 Å². The Kier molecular flexibility index (Phi) is 3.92. The Labute approximate surface area is 129 Å². The molecule has 2 atom stereocenters. The first kappa shape index (κ1) is 14.7. The highest BCUT2D eigenvalue weighted by Crippen LogP contribution is 2.38. The number of nitrogens with one attached hydrogen (secondary N) is 1. The van der Waals surface area contributed by atoms with Crippen LogP contribution in [0.25, 0.3) is 0 Å². The van der Waals surface area contributed by atoms with Gasteiger partial charge in [0.05, 0.1) is 12.7 Å². The number of aromatic nitrogens is 3. The number of alkyl halides is 1. The smallest absolute Gasteiger partial charge is 0.228 e. The summed E-state index contributed by atoms with van der Waals surface area (Å²) in [6.45, 7) is 3.77. The van der Waals surface area contributed by atoms with E-state index >= 15 is 0 Å². The molecule has 0 spiro atoms. The zero-order valence-corrected chi connectivity index (χ0v) is 12.8. The summed E-state index contributed by atoms with van der Waals surface area (Å²) >= 11 is 0. The Morgan fingerprint density at radius 2 is 2.14 bits per heavy atom. The molecule has 1 aromatic carbocycles. The van der Waals surface area contributed by atoms with Crippen molar-refractivity contribution in [3.63, 3.8) is 0 Å². The van der Waals surface area contributed by atoms with Crippen molar-refractivity contribution >= 4 is 11.9 Å². The molecule has 0 aliphatic heterocycles. The Hall–Kier alpha value is -2.24. The molecule has 116 valence electrons. The van der Waals surface area contributed by atoms with Crippen LogP contribution in [0.15, 0.2) is 18.2 Å². The van der Waals surface area contributed by atoms with E-state index in [-0.39, 0.29) is 18.4 Å². The fourth-order valence-corrected chi connectivity index (χ4v) is 3.02. The van der Waals surface area contributed by atoms with Gasteiger partial charge in [-0.3, -0.25) is 4.39 Å². The number of rotatable bonds is 4. The van der Waals surface area contributed by atoms with E-state index in [0.29, 0.717) is 17.7 Å². The number of hydrogen-bond donors (Lipinski definition) is 2. The van der Waals surface area contributed by atoms with Crippen LogP contribution in [0.3, 0.4) is 0 Å². The predicted molar refractivity (Wildman–Crippen MR) is 84.3 cm³/mol. The van der Waals surface area contributed by atoms with Crippen LogP contribution in [-0.2, 0) is 12.8 Å². The van der Waals surface area contributed by atoms with Crippen molar-refractivity contribution in [3.05, 3.63) is 40.7 Å². The number of hydrogen-bond acceptors (Lipinski definition) is 5. The lowest BCUT2D eigenvalue weighted by Gasteiger charge is -2.19. The maximum Gasteiger partial charge on any atom is 0.228 e. The molecule has 1 heterocycles. The molecule has 22 heavy (non-hydrogen) atoms. The van der Waals surface area contributed by atoms with Crippen molar-refractivity contribution in [2.45, 2.75) is 32.7 Å². The van der Waals surface area contributed by atoms with Crippen molar-refractivity contribution in [2.24, 2.45) is 5.92 Å². The number of benzene rings is 1. The van der Waals surface area contributed by atoms with E-state index in [9.17, 15) is 4.39 Å². The minimum atomic E-state index is -0.509. The largest absolute Gasteiger partial charge is 0.368 e. The molecular weight excluding hydrogens is 281 g/mol. The van der Waals surface area contributed by atoms with E-state index < -0.39 is 6.67 Å². The molecule has 0 fully saturated rings. The summed E-state index contributed by atoms with van der Waals surface area (Å²) in [5, 5.41) is 3.35. The lowest BCUT2D eigenvalue weighted by atomic mass is 10.0. The van der Waals surface area contributed by atoms with Crippen molar-refractivity contribution in [2.75, 3.05) is 17.7 Å². The number of nitrogens with two attached hydrogens (primary N) is 1. The molecule has 3 rings (SSSR count). The van der Waals surface area contributed by atoms with Gasteiger partial charge in [-0.2, -0.15) is 15.0 Å². The van der Waals surface area contributed by atoms with Gasteiger partial charge in [-0.05, 0) is 30.4 Å². The van der Waals surface area contributed by atoms with Crippen molar-refractivity contribution < 1.29 is 4.39 Å². The molecule has 2 aromatic rings. The molecule has 0 saturated carbocycles. The third-order valence-electron chi connectivity index (χ3n) is 4.05. The van der Waals surface area contributed by atoms with Gasteiger partial charge in [0.25, 0.3) is 0 Å². The highest BCUT2D eigenvalue weighted by molar-refractivity contribution is 5.44. The van der Waals surface area contributed by atoms with Crippen LogP contribution in [0.1, 0.15) is 35.5 Å². The quantitative estimate of drug-likeness (QED) is 0.908.